The van der Waals surface area contributed by atoms with Crippen molar-refractivity contribution in [1.82, 2.24) is 5.32 Å². The zero-order chi connectivity index (χ0) is 25.6. The summed E-state index contributed by atoms with van der Waals surface area (Å²) in [6, 6.07) is 6.87. The number of amides is 1. The minimum absolute atomic E-state index is 0.0309. The Morgan fingerprint density at radius 2 is 2.11 bits per heavy atom. The molecule has 10 nitrogen and oxygen atoms in total. The lowest BCUT2D eigenvalue weighted by Crippen LogP contribution is -2.27. The predicted molar refractivity (Wildman–Crippen MR) is 129 cm³/mol. The maximum Gasteiger partial charge on any atom is 0.294 e. The summed E-state index contributed by atoms with van der Waals surface area (Å²) in [5.74, 6) is -0.153. The normalized spacial score (nSPS) is 23.0. The zero-order valence-electron chi connectivity index (χ0n) is 19.4. The van der Waals surface area contributed by atoms with Crippen molar-refractivity contribution in [2.45, 2.75) is 50.4 Å². The number of benzene rings is 1. The SMILES string of the molecule is O=C(CCCC=CC[C@@H]1[C@@H](C=C[C@@H](O)COc2cccc(Cl)c2)[C@H](O)C[C@@H]1O)NCCO[N+](=O)[O-]. The van der Waals surface area contributed by atoms with E-state index in [-0.39, 0.29) is 50.3 Å². The van der Waals surface area contributed by atoms with Crippen molar-refractivity contribution < 1.29 is 34.8 Å². The van der Waals surface area contributed by atoms with Gasteiger partial charge in [0.15, 0.2) is 0 Å². The van der Waals surface area contributed by atoms with Gasteiger partial charge >= 0.3 is 0 Å². The van der Waals surface area contributed by atoms with Crippen LogP contribution >= 0.6 is 11.6 Å². The summed E-state index contributed by atoms with van der Waals surface area (Å²) in [6.45, 7) is -0.0766. The Morgan fingerprint density at radius 1 is 1.31 bits per heavy atom. The monoisotopic (exact) mass is 512 g/mol. The van der Waals surface area contributed by atoms with Gasteiger partial charge in [0.25, 0.3) is 5.09 Å². The number of carbonyl (C=O) groups excluding carboxylic acids is 1. The molecule has 0 saturated heterocycles. The Hall–Kier alpha value is -2.66. The van der Waals surface area contributed by atoms with Gasteiger partial charge < -0.3 is 30.2 Å². The number of aliphatic hydroxyl groups excluding tert-OH is 3. The fraction of sp³-hybridized carbons (Fsp3) is 0.542. The first-order chi connectivity index (χ1) is 16.8. The molecule has 1 aromatic rings. The molecule has 0 unspecified atom stereocenters. The Labute approximate surface area is 209 Å². The molecule has 4 N–H and O–H groups in total. The van der Waals surface area contributed by atoms with Crippen LogP contribution in [0.4, 0.5) is 0 Å². The summed E-state index contributed by atoms with van der Waals surface area (Å²) < 4.78 is 5.52. The van der Waals surface area contributed by atoms with Crippen LogP contribution < -0.4 is 10.1 Å². The van der Waals surface area contributed by atoms with Crippen LogP contribution in [0, 0.1) is 22.0 Å². The molecule has 1 amide bonds. The molecular formula is C24H33ClN2O8. The van der Waals surface area contributed by atoms with Crippen molar-refractivity contribution >= 4 is 17.5 Å². The van der Waals surface area contributed by atoms with Crippen LogP contribution in [0.25, 0.3) is 0 Å². The first-order valence-corrected chi connectivity index (χ1v) is 11.9. The topological polar surface area (TPSA) is 151 Å². The molecule has 1 fully saturated rings. The van der Waals surface area contributed by atoms with E-state index in [1.807, 2.05) is 12.2 Å². The number of halogens is 1. The quantitative estimate of drug-likeness (QED) is 0.121. The molecule has 1 saturated carbocycles. The second-order valence-electron chi connectivity index (χ2n) is 8.34. The minimum atomic E-state index is -0.906. The van der Waals surface area contributed by atoms with Crippen LogP contribution in [-0.4, -0.2) is 64.4 Å². The first kappa shape index (κ1) is 28.6. The van der Waals surface area contributed by atoms with Gasteiger partial charge in [0.2, 0.25) is 5.91 Å². The summed E-state index contributed by atoms with van der Waals surface area (Å²) in [7, 11) is 0. The predicted octanol–water partition coefficient (Wildman–Crippen LogP) is 2.43. The molecule has 194 valence electrons. The van der Waals surface area contributed by atoms with E-state index < -0.39 is 23.4 Å². The number of hydrogen-bond acceptors (Lipinski definition) is 8. The maximum atomic E-state index is 11.7. The highest BCUT2D eigenvalue weighted by Gasteiger charge is 2.39. The first-order valence-electron chi connectivity index (χ1n) is 11.6. The number of ether oxygens (including phenoxy) is 1. The highest BCUT2D eigenvalue weighted by atomic mass is 35.5. The van der Waals surface area contributed by atoms with Gasteiger partial charge in [0.1, 0.15) is 25.1 Å². The summed E-state index contributed by atoms with van der Waals surface area (Å²) in [6.07, 6.45) is 7.28. The van der Waals surface area contributed by atoms with Gasteiger partial charge in [-0.05, 0) is 43.4 Å². The van der Waals surface area contributed by atoms with Crippen molar-refractivity contribution in [3.05, 3.63) is 63.7 Å². The molecule has 2 rings (SSSR count). The van der Waals surface area contributed by atoms with E-state index in [9.17, 15) is 30.2 Å². The van der Waals surface area contributed by atoms with Crippen LogP contribution in [0.15, 0.2) is 48.6 Å². The molecular weight excluding hydrogens is 480 g/mol. The van der Waals surface area contributed by atoms with Crippen molar-refractivity contribution in [2.75, 3.05) is 19.8 Å². The summed E-state index contributed by atoms with van der Waals surface area (Å²) >= 11 is 5.91. The molecule has 0 spiro atoms. The third-order valence-electron chi connectivity index (χ3n) is 5.66. The van der Waals surface area contributed by atoms with Crippen LogP contribution in [0.5, 0.6) is 5.75 Å². The standard InChI is InChI=1S/C24H33ClN2O8/c25-17-6-5-7-19(14-17)34-16-18(28)10-11-21-20(22(29)15-23(21)30)8-3-1-2-4-9-24(31)26-12-13-35-27(32)33/h1,3,5-7,10-11,14,18,20-23,28-30H,2,4,8-9,12-13,15-16H2,(H,26,31)/t18-,20-,21-,22+,23-/m1/s1. The number of unbranched alkanes of at least 4 members (excludes halogenated alkanes) is 1. The van der Waals surface area contributed by atoms with Crippen molar-refractivity contribution in [3.63, 3.8) is 0 Å². The summed E-state index contributed by atoms with van der Waals surface area (Å²) in [5, 5.41) is 43.1. The summed E-state index contributed by atoms with van der Waals surface area (Å²) in [5.41, 5.74) is 0. The van der Waals surface area contributed by atoms with Gasteiger partial charge in [-0.25, -0.2) is 0 Å². The molecule has 11 heteroatoms. The number of aliphatic hydroxyl groups is 3. The third-order valence-corrected chi connectivity index (χ3v) is 5.89. The zero-order valence-corrected chi connectivity index (χ0v) is 20.1. The van der Waals surface area contributed by atoms with E-state index in [2.05, 4.69) is 10.2 Å². The van der Waals surface area contributed by atoms with E-state index in [1.54, 1.807) is 36.4 Å². The second kappa shape index (κ2) is 15.4. The molecule has 0 heterocycles. The molecule has 35 heavy (non-hydrogen) atoms. The number of nitrogens with one attached hydrogen (secondary N) is 1. The number of carbonyl (C=O) groups is 1. The third kappa shape index (κ3) is 11.1. The number of nitrogens with zero attached hydrogens (tertiary/aromatic N) is 1. The highest BCUT2D eigenvalue weighted by molar-refractivity contribution is 6.30. The Bertz CT molecular complexity index is 866. The Kier molecular flexibility index (Phi) is 12.5. The fourth-order valence-electron chi connectivity index (χ4n) is 3.91. The second-order valence-corrected chi connectivity index (χ2v) is 8.77. The van der Waals surface area contributed by atoms with Crippen molar-refractivity contribution in [3.8, 4) is 5.75 Å². The Balaban J connectivity index is 1.71. The Morgan fingerprint density at radius 3 is 2.86 bits per heavy atom. The van der Waals surface area contributed by atoms with E-state index in [4.69, 9.17) is 16.3 Å². The molecule has 1 aromatic carbocycles. The summed E-state index contributed by atoms with van der Waals surface area (Å²) in [4.78, 5) is 25.8. The smallest absolute Gasteiger partial charge is 0.294 e. The van der Waals surface area contributed by atoms with Crippen molar-refractivity contribution in [1.29, 1.82) is 0 Å². The molecule has 0 radical (unpaired) electrons. The van der Waals surface area contributed by atoms with Crippen molar-refractivity contribution in [2.24, 2.45) is 11.8 Å². The van der Waals surface area contributed by atoms with E-state index in [1.165, 1.54) is 0 Å². The van der Waals surface area contributed by atoms with Crippen LogP contribution in [0.3, 0.4) is 0 Å². The number of hydrogen-bond donors (Lipinski definition) is 4. The molecule has 1 aliphatic carbocycles. The van der Waals surface area contributed by atoms with Gasteiger partial charge in [-0.15, -0.1) is 10.1 Å². The molecule has 0 bridgehead atoms. The van der Waals surface area contributed by atoms with E-state index in [0.717, 1.165) is 0 Å². The van der Waals surface area contributed by atoms with Crippen LogP contribution in [-0.2, 0) is 9.63 Å². The lowest BCUT2D eigenvalue weighted by Gasteiger charge is -2.19. The lowest BCUT2D eigenvalue weighted by molar-refractivity contribution is -0.757. The maximum absolute atomic E-state index is 11.7. The van der Waals surface area contributed by atoms with E-state index >= 15 is 0 Å². The average molecular weight is 513 g/mol. The number of allylic oxidation sites excluding steroid dienone is 2. The van der Waals surface area contributed by atoms with Gasteiger partial charge in [-0.3, -0.25) is 4.79 Å². The largest absolute Gasteiger partial charge is 0.491 e. The minimum Gasteiger partial charge on any atom is -0.491 e. The van der Waals surface area contributed by atoms with Gasteiger partial charge in [-0.1, -0.05) is 42.0 Å². The van der Waals surface area contributed by atoms with Gasteiger partial charge in [0, 0.05) is 30.3 Å². The molecule has 0 aromatic heterocycles. The molecule has 1 aliphatic rings. The molecule has 0 aliphatic heterocycles. The highest BCUT2D eigenvalue weighted by Crippen LogP contribution is 2.36. The molecule has 5 atom stereocenters. The van der Waals surface area contributed by atoms with Gasteiger partial charge in [0.05, 0.1) is 12.2 Å². The van der Waals surface area contributed by atoms with Crippen LogP contribution in [0.1, 0.15) is 32.1 Å². The fourth-order valence-corrected chi connectivity index (χ4v) is 4.09. The van der Waals surface area contributed by atoms with Gasteiger partial charge in [-0.2, -0.15) is 0 Å². The average Bonchev–Trinajstić information content (AvgIpc) is 3.08. The number of rotatable bonds is 15. The van der Waals surface area contributed by atoms with Crippen LogP contribution in [0.2, 0.25) is 5.02 Å². The lowest BCUT2D eigenvalue weighted by atomic mass is 9.89. The van der Waals surface area contributed by atoms with E-state index in [0.29, 0.717) is 30.0 Å².